The third kappa shape index (κ3) is 4.66. The molecule has 0 aliphatic carbocycles. The number of ether oxygens (including phenoxy) is 3. The van der Waals surface area contributed by atoms with Crippen LogP contribution in [0.1, 0.15) is 17.3 Å². The van der Waals surface area contributed by atoms with Gasteiger partial charge >= 0.3 is 0 Å². The quantitative estimate of drug-likeness (QED) is 0.726. The molecule has 1 aromatic heterocycles. The second-order valence-corrected chi connectivity index (χ2v) is 8.06. The maximum Gasteiger partial charge on any atom is 0.261 e. The number of morpholine rings is 1. The molecule has 0 atom stereocenters. The molecular weight excluding hydrogens is 398 g/mol. The molecule has 0 saturated carbocycles. The van der Waals surface area contributed by atoms with Gasteiger partial charge in [0.2, 0.25) is 15.9 Å². The van der Waals surface area contributed by atoms with Crippen molar-refractivity contribution < 1.29 is 27.4 Å². The summed E-state index contributed by atoms with van der Waals surface area (Å²) in [6.07, 6.45) is 1.53. The van der Waals surface area contributed by atoms with Gasteiger partial charge in [0.25, 0.3) is 5.91 Å². The van der Waals surface area contributed by atoms with Crippen molar-refractivity contribution in [3.05, 3.63) is 42.1 Å². The van der Waals surface area contributed by atoms with E-state index in [1.54, 1.807) is 19.1 Å². The maximum absolute atomic E-state index is 12.9. The second-order valence-electron chi connectivity index (χ2n) is 6.12. The molecular formula is C19H23N3O6S. The number of pyridine rings is 1. The lowest BCUT2D eigenvalue weighted by atomic mass is 10.2. The number of methoxy groups -OCH3 is 1. The van der Waals surface area contributed by atoms with Gasteiger partial charge in [0, 0.05) is 19.3 Å². The van der Waals surface area contributed by atoms with Gasteiger partial charge in [0.1, 0.15) is 11.3 Å². The lowest BCUT2D eigenvalue weighted by molar-refractivity contribution is 0.0730. The fourth-order valence-corrected chi connectivity index (χ4v) is 4.32. The van der Waals surface area contributed by atoms with Crippen molar-refractivity contribution in [1.82, 2.24) is 9.29 Å². The summed E-state index contributed by atoms with van der Waals surface area (Å²) >= 11 is 0. The van der Waals surface area contributed by atoms with E-state index in [-0.39, 0.29) is 35.1 Å². The van der Waals surface area contributed by atoms with Gasteiger partial charge in [0.05, 0.1) is 37.5 Å². The molecule has 1 aromatic carbocycles. The highest BCUT2D eigenvalue weighted by atomic mass is 32.2. The van der Waals surface area contributed by atoms with Crippen molar-refractivity contribution in [1.29, 1.82) is 0 Å². The minimum atomic E-state index is -3.72. The summed E-state index contributed by atoms with van der Waals surface area (Å²) in [6, 6.07) is 7.55. The Morgan fingerprint density at radius 3 is 2.72 bits per heavy atom. The molecule has 1 aliphatic heterocycles. The Morgan fingerprint density at radius 1 is 1.28 bits per heavy atom. The van der Waals surface area contributed by atoms with Gasteiger partial charge < -0.3 is 19.5 Å². The zero-order chi connectivity index (χ0) is 20.9. The fraction of sp³-hybridized carbons (Fsp3) is 0.368. The lowest BCUT2D eigenvalue weighted by Gasteiger charge is -2.26. The number of carbonyl (C=O) groups excluding carboxylic acids is 1. The van der Waals surface area contributed by atoms with Crippen LogP contribution in [-0.2, 0) is 14.8 Å². The summed E-state index contributed by atoms with van der Waals surface area (Å²) in [5.41, 5.74) is 0.468. The first-order chi connectivity index (χ1) is 14.0. The molecule has 156 valence electrons. The first-order valence-electron chi connectivity index (χ1n) is 9.12. The zero-order valence-corrected chi connectivity index (χ0v) is 17.1. The molecule has 10 heteroatoms. The Bertz CT molecular complexity index is 974. The van der Waals surface area contributed by atoms with E-state index in [4.69, 9.17) is 14.2 Å². The predicted octanol–water partition coefficient (Wildman–Crippen LogP) is 1.76. The van der Waals surface area contributed by atoms with Gasteiger partial charge in [-0.1, -0.05) is 0 Å². The fourth-order valence-electron chi connectivity index (χ4n) is 2.89. The van der Waals surface area contributed by atoms with Crippen LogP contribution in [0, 0.1) is 0 Å². The number of benzene rings is 1. The van der Waals surface area contributed by atoms with Crippen LogP contribution in [-0.4, -0.2) is 63.6 Å². The zero-order valence-electron chi connectivity index (χ0n) is 16.3. The van der Waals surface area contributed by atoms with Crippen molar-refractivity contribution in [3.8, 4) is 11.6 Å². The summed E-state index contributed by atoms with van der Waals surface area (Å²) in [7, 11) is -2.28. The van der Waals surface area contributed by atoms with Crippen molar-refractivity contribution >= 4 is 21.6 Å². The van der Waals surface area contributed by atoms with Crippen LogP contribution in [0.2, 0.25) is 0 Å². The maximum atomic E-state index is 12.9. The lowest BCUT2D eigenvalue weighted by Crippen LogP contribution is -2.40. The van der Waals surface area contributed by atoms with Crippen molar-refractivity contribution in [2.45, 2.75) is 11.8 Å². The number of hydrogen-bond acceptors (Lipinski definition) is 7. The molecule has 0 bridgehead atoms. The van der Waals surface area contributed by atoms with Crippen LogP contribution in [0.15, 0.2) is 41.4 Å². The molecule has 1 aliphatic rings. The predicted molar refractivity (Wildman–Crippen MR) is 106 cm³/mol. The summed E-state index contributed by atoms with van der Waals surface area (Å²) in [6.45, 7) is 3.40. The van der Waals surface area contributed by atoms with Crippen molar-refractivity contribution in [3.63, 3.8) is 0 Å². The number of rotatable bonds is 7. The number of sulfonamides is 1. The van der Waals surface area contributed by atoms with Gasteiger partial charge in [-0.05, 0) is 37.3 Å². The van der Waals surface area contributed by atoms with Gasteiger partial charge in [-0.3, -0.25) is 4.79 Å². The van der Waals surface area contributed by atoms with E-state index in [2.05, 4.69) is 10.3 Å². The molecule has 2 heterocycles. The van der Waals surface area contributed by atoms with E-state index in [0.29, 0.717) is 25.6 Å². The number of carbonyl (C=O) groups is 1. The van der Waals surface area contributed by atoms with Crippen LogP contribution in [0.25, 0.3) is 0 Å². The number of amides is 1. The second kappa shape index (κ2) is 9.21. The minimum Gasteiger partial charge on any atom is -0.495 e. The van der Waals surface area contributed by atoms with E-state index < -0.39 is 15.9 Å². The van der Waals surface area contributed by atoms with Gasteiger partial charge in [-0.15, -0.1) is 0 Å². The van der Waals surface area contributed by atoms with Crippen LogP contribution in [0.4, 0.5) is 5.69 Å². The summed E-state index contributed by atoms with van der Waals surface area (Å²) in [5, 5.41) is 2.70. The minimum absolute atomic E-state index is 0.0618. The van der Waals surface area contributed by atoms with E-state index >= 15 is 0 Å². The van der Waals surface area contributed by atoms with Gasteiger partial charge in [-0.25, -0.2) is 13.4 Å². The first-order valence-corrected chi connectivity index (χ1v) is 10.6. The average molecular weight is 421 g/mol. The molecule has 0 radical (unpaired) electrons. The molecule has 9 nitrogen and oxygen atoms in total. The number of anilines is 1. The number of nitrogens with zero attached hydrogens (tertiary/aromatic N) is 2. The topological polar surface area (TPSA) is 107 Å². The molecule has 1 amide bonds. The highest BCUT2D eigenvalue weighted by molar-refractivity contribution is 7.89. The Balaban J connectivity index is 1.91. The van der Waals surface area contributed by atoms with Crippen LogP contribution in [0.5, 0.6) is 11.6 Å². The normalized spacial score (nSPS) is 15.0. The Kier molecular flexibility index (Phi) is 6.68. The highest BCUT2D eigenvalue weighted by Crippen LogP contribution is 2.30. The molecule has 2 aromatic rings. The summed E-state index contributed by atoms with van der Waals surface area (Å²) in [5.74, 6) is 0.0467. The number of aromatic nitrogens is 1. The Morgan fingerprint density at radius 2 is 2.03 bits per heavy atom. The average Bonchev–Trinajstić information content (AvgIpc) is 2.75. The summed E-state index contributed by atoms with van der Waals surface area (Å²) < 4.78 is 43.1. The van der Waals surface area contributed by atoms with Crippen molar-refractivity contribution in [2.75, 3.05) is 45.3 Å². The third-order valence-corrected chi connectivity index (χ3v) is 6.22. The smallest absolute Gasteiger partial charge is 0.261 e. The molecule has 0 spiro atoms. The molecule has 1 fully saturated rings. The van der Waals surface area contributed by atoms with E-state index in [1.807, 2.05) is 0 Å². The number of hydrogen-bond donors (Lipinski definition) is 1. The van der Waals surface area contributed by atoms with E-state index in [1.165, 1.54) is 35.8 Å². The van der Waals surface area contributed by atoms with Crippen molar-refractivity contribution in [2.24, 2.45) is 0 Å². The molecule has 1 saturated heterocycles. The largest absolute Gasteiger partial charge is 0.495 e. The van der Waals surface area contributed by atoms with Crippen LogP contribution in [0.3, 0.4) is 0 Å². The van der Waals surface area contributed by atoms with Crippen LogP contribution >= 0.6 is 0 Å². The Hall–Kier alpha value is -2.69. The SMILES string of the molecule is CCOc1ncccc1C(=O)Nc1cc(S(=O)(=O)N2CCOCC2)ccc1OC. The monoisotopic (exact) mass is 421 g/mol. The molecule has 3 rings (SSSR count). The molecule has 29 heavy (non-hydrogen) atoms. The molecule has 1 N–H and O–H groups in total. The third-order valence-electron chi connectivity index (χ3n) is 4.32. The number of nitrogens with one attached hydrogen (secondary N) is 1. The first kappa shape index (κ1) is 21.0. The van der Waals surface area contributed by atoms with Crippen LogP contribution < -0.4 is 14.8 Å². The Labute approximate surface area is 169 Å². The van der Waals surface area contributed by atoms with Gasteiger partial charge in [-0.2, -0.15) is 4.31 Å². The standard InChI is InChI=1S/C19H23N3O6S/c1-3-28-19-15(5-4-8-20-19)18(23)21-16-13-14(6-7-17(16)26-2)29(24,25)22-9-11-27-12-10-22/h4-8,13H,3,9-12H2,1-2H3,(H,21,23). The highest BCUT2D eigenvalue weighted by Gasteiger charge is 2.27. The van der Waals surface area contributed by atoms with Gasteiger partial charge in [0.15, 0.2) is 0 Å². The molecule has 0 unspecified atom stereocenters. The van der Waals surface area contributed by atoms with E-state index in [9.17, 15) is 13.2 Å². The van der Waals surface area contributed by atoms with E-state index in [0.717, 1.165) is 0 Å². The summed E-state index contributed by atoms with van der Waals surface area (Å²) in [4.78, 5) is 16.9.